The average Bonchev–Trinajstić information content (AvgIpc) is 2.98. The van der Waals surface area contributed by atoms with Crippen molar-refractivity contribution >= 4 is 5.96 Å². The molecule has 0 saturated heterocycles. The van der Waals surface area contributed by atoms with Crippen LogP contribution in [0.1, 0.15) is 59.2 Å². The monoisotopic (exact) mass is 324 g/mol. The first kappa shape index (κ1) is 19.4. The lowest BCUT2D eigenvalue weighted by molar-refractivity contribution is 0.0257. The van der Waals surface area contributed by atoms with Crippen molar-refractivity contribution in [3.63, 3.8) is 0 Å². The fraction of sp³-hybridized carbons (Fsp3) is 0.812. The first-order valence-electron chi connectivity index (χ1n) is 8.69. The summed E-state index contributed by atoms with van der Waals surface area (Å²) in [5.74, 6) is 1.53. The van der Waals surface area contributed by atoms with E-state index in [0.29, 0.717) is 19.0 Å². The molecule has 0 amide bonds. The highest BCUT2D eigenvalue weighted by molar-refractivity contribution is 5.79. The molecule has 0 unspecified atom stereocenters. The Morgan fingerprint density at radius 2 is 1.91 bits per heavy atom. The Hall–Kier alpha value is -1.63. The Morgan fingerprint density at radius 1 is 1.22 bits per heavy atom. The van der Waals surface area contributed by atoms with E-state index in [9.17, 15) is 5.11 Å². The maximum Gasteiger partial charge on any atom is 0.191 e. The van der Waals surface area contributed by atoms with Gasteiger partial charge in [0.05, 0.1) is 5.60 Å². The molecule has 1 heterocycles. The van der Waals surface area contributed by atoms with Gasteiger partial charge in [-0.15, -0.1) is 10.2 Å². The fourth-order valence-corrected chi connectivity index (χ4v) is 2.64. The summed E-state index contributed by atoms with van der Waals surface area (Å²) in [5, 5.41) is 25.2. The molecular formula is C16H32N6O. The topological polar surface area (TPSA) is 87.4 Å². The van der Waals surface area contributed by atoms with Crippen molar-refractivity contribution < 1.29 is 5.11 Å². The van der Waals surface area contributed by atoms with Crippen molar-refractivity contribution in [3.05, 3.63) is 12.2 Å². The third-order valence-corrected chi connectivity index (χ3v) is 3.77. The molecule has 0 aromatic carbocycles. The van der Waals surface area contributed by atoms with Gasteiger partial charge in [-0.1, -0.05) is 26.7 Å². The first-order valence-corrected chi connectivity index (χ1v) is 8.69. The zero-order valence-corrected chi connectivity index (χ0v) is 15.0. The van der Waals surface area contributed by atoms with E-state index < -0.39 is 5.60 Å². The van der Waals surface area contributed by atoms with Gasteiger partial charge in [-0.3, -0.25) is 0 Å². The molecule has 0 bridgehead atoms. The molecule has 0 atom stereocenters. The van der Waals surface area contributed by atoms with Crippen LogP contribution in [0.2, 0.25) is 0 Å². The van der Waals surface area contributed by atoms with E-state index in [0.717, 1.165) is 44.6 Å². The lowest BCUT2D eigenvalue weighted by Gasteiger charge is -2.28. The van der Waals surface area contributed by atoms with E-state index in [2.05, 4.69) is 46.6 Å². The van der Waals surface area contributed by atoms with Crippen LogP contribution in [0.25, 0.3) is 0 Å². The molecular weight excluding hydrogens is 292 g/mol. The van der Waals surface area contributed by atoms with E-state index in [-0.39, 0.29) is 0 Å². The molecule has 0 spiro atoms. The second kappa shape index (κ2) is 10.2. The Labute approximate surface area is 139 Å². The standard InChI is InChI=1S/C16H32N6O/c1-5-9-16(23,10-6-2)12-19-15(17-7-3)18-11-14-21-20-13-22(14)8-4/h13,23H,5-12H2,1-4H3,(H2,17,18,19). The van der Waals surface area contributed by atoms with Gasteiger partial charge in [0.2, 0.25) is 0 Å². The van der Waals surface area contributed by atoms with Gasteiger partial charge in [0, 0.05) is 19.6 Å². The van der Waals surface area contributed by atoms with Crippen LogP contribution in [-0.4, -0.2) is 44.5 Å². The third-order valence-electron chi connectivity index (χ3n) is 3.77. The van der Waals surface area contributed by atoms with Crippen LogP contribution in [0.4, 0.5) is 0 Å². The Kier molecular flexibility index (Phi) is 8.61. The number of rotatable bonds is 10. The minimum absolute atomic E-state index is 0.461. The Balaban J connectivity index is 2.68. The highest BCUT2D eigenvalue weighted by Gasteiger charge is 2.24. The quantitative estimate of drug-likeness (QED) is 0.450. The largest absolute Gasteiger partial charge is 0.388 e. The Morgan fingerprint density at radius 3 is 2.48 bits per heavy atom. The summed E-state index contributed by atoms with van der Waals surface area (Å²) in [6.45, 7) is 10.8. The predicted molar refractivity (Wildman–Crippen MR) is 93.3 cm³/mol. The number of nitrogens with zero attached hydrogens (tertiary/aromatic N) is 4. The fourth-order valence-electron chi connectivity index (χ4n) is 2.64. The predicted octanol–water partition coefficient (Wildman–Crippen LogP) is 1.68. The summed E-state index contributed by atoms with van der Waals surface area (Å²) < 4.78 is 1.97. The van der Waals surface area contributed by atoms with Crippen molar-refractivity contribution in [3.8, 4) is 0 Å². The van der Waals surface area contributed by atoms with Gasteiger partial charge >= 0.3 is 0 Å². The van der Waals surface area contributed by atoms with Gasteiger partial charge < -0.3 is 20.3 Å². The molecule has 1 aromatic rings. The van der Waals surface area contributed by atoms with E-state index in [1.165, 1.54) is 0 Å². The molecule has 7 nitrogen and oxygen atoms in total. The summed E-state index contributed by atoms with van der Waals surface area (Å²) in [7, 11) is 0. The second-order valence-corrected chi connectivity index (χ2v) is 5.81. The molecule has 0 radical (unpaired) electrons. The van der Waals surface area contributed by atoms with Gasteiger partial charge in [0.15, 0.2) is 11.8 Å². The zero-order valence-electron chi connectivity index (χ0n) is 15.0. The molecule has 0 aliphatic heterocycles. The molecule has 0 saturated carbocycles. The number of nitrogens with one attached hydrogen (secondary N) is 2. The summed E-state index contributed by atoms with van der Waals surface area (Å²) >= 11 is 0. The van der Waals surface area contributed by atoms with E-state index >= 15 is 0 Å². The first-order chi connectivity index (χ1) is 11.1. The number of hydrogen-bond acceptors (Lipinski definition) is 4. The van der Waals surface area contributed by atoms with Gasteiger partial charge in [0.1, 0.15) is 12.9 Å². The van der Waals surface area contributed by atoms with Gasteiger partial charge in [0.25, 0.3) is 0 Å². The lowest BCUT2D eigenvalue weighted by Crippen LogP contribution is -2.47. The number of aliphatic imine (C=N–C) groups is 1. The van der Waals surface area contributed by atoms with Gasteiger partial charge in [-0.25, -0.2) is 4.99 Å². The molecule has 132 valence electrons. The van der Waals surface area contributed by atoms with Crippen LogP contribution in [0.5, 0.6) is 0 Å². The van der Waals surface area contributed by atoms with Gasteiger partial charge in [-0.05, 0) is 26.7 Å². The molecule has 0 aliphatic rings. The summed E-state index contributed by atoms with van der Waals surface area (Å²) in [4.78, 5) is 4.55. The third kappa shape index (κ3) is 6.56. The molecule has 3 N–H and O–H groups in total. The number of aromatic nitrogens is 3. The van der Waals surface area contributed by atoms with Crippen molar-refractivity contribution in [1.29, 1.82) is 0 Å². The van der Waals surface area contributed by atoms with Crippen molar-refractivity contribution in [1.82, 2.24) is 25.4 Å². The maximum atomic E-state index is 10.7. The van der Waals surface area contributed by atoms with Gasteiger partial charge in [-0.2, -0.15) is 0 Å². The van der Waals surface area contributed by atoms with Crippen molar-refractivity contribution in [2.24, 2.45) is 4.99 Å². The van der Waals surface area contributed by atoms with Crippen LogP contribution in [0.3, 0.4) is 0 Å². The minimum Gasteiger partial charge on any atom is -0.388 e. The average molecular weight is 324 g/mol. The normalized spacial score (nSPS) is 12.5. The Bertz CT molecular complexity index is 465. The highest BCUT2D eigenvalue weighted by atomic mass is 16.3. The van der Waals surface area contributed by atoms with Crippen LogP contribution in [0.15, 0.2) is 11.3 Å². The summed E-state index contributed by atoms with van der Waals surface area (Å²) in [6.07, 6.45) is 5.22. The van der Waals surface area contributed by atoms with Crippen molar-refractivity contribution in [2.45, 2.75) is 72.1 Å². The number of aryl methyl sites for hydroxylation is 1. The van der Waals surface area contributed by atoms with E-state index in [1.54, 1.807) is 6.33 Å². The molecule has 1 rings (SSSR count). The number of guanidine groups is 1. The van der Waals surface area contributed by atoms with Crippen LogP contribution in [-0.2, 0) is 13.1 Å². The lowest BCUT2D eigenvalue weighted by atomic mass is 9.93. The maximum absolute atomic E-state index is 10.7. The molecule has 7 heteroatoms. The van der Waals surface area contributed by atoms with Crippen molar-refractivity contribution in [2.75, 3.05) is 13.1 Å². The van der Waals surface area contributed by atoms with Crippen LogP contribution in [0, 0.1) is 0 Å². The molecule has 23 heavy (non-hydrogen) atoms. The molecule has 0 aliphatic carbocycles. The summed E-state index contributed by atoms with van der Waals surface area (Å²) in [5.41, 5.74) is -0.677. The number of aliphatic hydroxyl groups is 1. The molecule has 0 fully saturated rings. The van der Waals surface area contributed by atoms with Crippen LogP contribution >= 0.6 is 0 Å². The molecule has 1 aromatic heterocycles. The minimum atomic E-state index is -0.677. The van der Waals surface area contributed by atoms with E-state index in [1.807, 2.05) is 11.5 Å². The summed E-state index contributed by atoms with van der Waals surface area (Å²) in [6, 6.07) is 0. The van der Waals surface area contributed by atoms with Crippen LogP contribution < -0.4 is 10.6 Å². The van der Waals surface area contributed by atoms with E-state index in [4.69, 9.17) is 0 Å². The SMILES string of the molecule is CCCC(O)(CCC)CNC(=NCc1nncn1CC)NCC. The second-order valence-electron chi connectivity index (χ2n) is 5.81. The number of hydrogen-bond donors (Lipinski definition) is 3. The zero-order chi connectivity index (χ0) is 17.1. The smallest absolute Gasteiger partial charge is 0.191 e. The highest BCUT2D eigenvalue weighted by Crippen LogP contribution is 2.18.